The molecular formula is C13H22BrNO2S. The molecule has 3 nitrogen and oxygen atoms in total. The minimum Gasteiger partial charge on any atom is -0.379 e. The standard InChI is InChI=1S/C13H22BrNO2S/c1-9(15)12(11-7-10(14)8-18-11)17-6-5-13(2,3)16-4/h7-9,12H,5-6,15H2,1-4H3. The molecular weight excluding hydrogens is 314 g/mol. The molecule has 0 saturated carbocycles. The summed E-state index contributed by atoms with van der Waals surface area (Å²) in [6.07, 6.45) is 0.799. The minimum atomic E-state index is -0.154. The van der Waals surface area contributed by atoms with E-state index >= 15 is 0 Å². The molecule has 0 aliphatic carbocycles. The molecule has 0 bridgehead atoms. The van der Waals surface area contributed by atoms with Gasteiger partial charge in [-0.25, -0.2) is 0 Å². The predicted molar refractivity (Wildman–Crippen MR) is 80.1 cm³/mol. The Morgan fingerprint density at radius 3 is 2.61 bits per heavy atom. The van der Waals surface area contributed by atoms with Crippen molar-refractivity contribution < 1.29 is 9.47 Å². The van der Waals surface area contributed by atoms with Crippen molar-refractivity contribution in [2.75, 3.05) is 13.7 Å². The van der Waals surface area contributed by atoms with E-state index in [2.05, 4.69) is 35.8 Å². The number of rotatable bonds is 7. The average molecular weight is 336 g/mol. The molecule has 1 heterocycles. The molecule has 0 aliphatic rings. The van der Waals surface area contributed by atoms with Crippen LogP contribution >= 0.6 is 27.3 Å². The highest BCUT2D eigenvalue weighted by atomic mass is 79.9. The van der Waals surface area contributed by atoms with Gasteiger partial charge in [-0.05, 0) is 49.2 Å². The van der Waals surface area contributed by atoms with Crippen LogP contribution in [0.3, 0.4) is 0 Å². The van der Waals surface area contributed by atoms with Crippen LogP contribution in [0.1, 0.15) is 38.2 Å². The Kier molecular flexibility index (Phi) is 6.27. The fraction of sp³-hybridized carbons (Fsp3) is 0.692. The van der Waals surface area contributed by atoms with Crippen LogP contribution in [0.15, 0.2) is 15.9 Å². The summed E-state index contributed by atoms with van der Waals surface area (Å²) in [5, 5.41) is 2.05. The van der Waals surface area contributed by atoms with E-state index in [9.17, 15) is 0 Å². The van der Waals surface area contributed by atoms with Gasteiger partial charge in [0, 0.05) is 27.9 Å². The van der Waals surface area contributed by atoms with E-state index in [0.29, 0.717) is 6.61 Å². The molecule has 1 aromatic rings. The van der Waals surface area contributed by atoms with Crippen LogP contribution in [-0.2, 0) is 9.47 Å². The second-order valence-electron chi connectivity index (χ2n) is 5.03. The maximum absolute atomic E-state index is 6.00. The first-order chi connectivity index (χ1) is 8.35. The molecule has 2 N–H and O–H groups in total. The van der Waals surface area contributed by atoms with Crippen molar-refractivity contribution in [3.05, 3.63) is 20.8 Å². The maximum atomic E-state index is 6.00. The molecule has 2 unspecified atom stereocenters. The zero-order valence-electron chi connectivity index (χ0n) is 11.4. The van der Waals surface area contributed by atoms with Crippen molar-refractivity contribution in [2.24, 2.45) is 5.73 Å². The monoisotopic (exact) mass is 335 g/mol. The SMILES string of the molecule is COC(C)(C)CCOC(c1cc(Br)cs1)C(C)N. The molecule has 0 radical (unpaired) electrons. The molecule has 0 saturated heterocycles. The average Bonchev–Trinajstić information content (AvgIpc) is 2.70. The van der Waals surface area contributed by atoms with Crippen LogP contribution in [0.25, 0.3) is 0 Å². The van der Waals surface area contributed by atoms with E-state index in [0.717, 1.165) is 15.8 Å². The van der Waals surface area contributed by atoms with E-state index in [-0.39, 0.29) is 17.7 Å². The van der Waals surface area contributed by atoms with Crippen molar-refractivity contribution in [3.63, 3.8) is 0 Å². The second kappa shape index (κ2) is 7.01. The number of hydrogen-bond acceptors (Lipinski definition) is 4. The van der Waals surface area contributed by atoms with Crippen LogP contribution in [0, 0.1) is 0 Å². The summed E-state index contributed by atoms with van der Waals surface area (Å²) in [5.74, 6) is 0. The number of halogens is 1. The van der Waals surface area contributed by atoms with E-state index in [1.165, 1.54) is 0 Å². The van der Waals surface area contributed by atoms with Gasteiger partial charge in [0.15, 0.2) is 0 Å². The van der Waals surface area contributed by atoms with Crippen molar-refractivity contribution in [3.8, 4) is 0 Å². The Labute approximate surface area is 122 Å². The molecule has 0 aromatic carbocycles. The Hall–Kier alpha value is 0.0600. The summed E-state index contributed by atoms with van der Waals surface area (Å²) < 4.78 is 12.4. The Bertz CT molecular complexity index is 366. The van der Waals surface area contributed by atoms with E-state index in [4.69, 9.17) is 15.2 Å². The largest absolute Gasteiger partial charge is 0.379 e. The predicted octanol–water partition coefficient (Wildman–Crippen LogP) is 3.73. The van der Waals surface area contributed by atoms with Gasteiger partial charge >= 0.3 is 0 Å². The second-order valence-corrected chi connectivity index (χ2v) is 6.89. The third kappa shape index (κ3) is 4.97. The highest BCUT2D eigenvalue weighted by Crippen LogP contribution is 2.30. The zero-order valence-corrected chi connectivity index (χ0v) is 13.8. The van der Waals surface area contributed by atoms with Gasteiger partial charge in [0.1, 0.15) is 6.10 Å². The molecule has 1 rings (SSSR count). The minimum absolute atomic E-state index is 0.0267. The third-order valence-electron chi connectivity index (χ3n) is 2.90. The third-order valence-corrected chi connectivity index (χ3v) is 4.65. The lowest BCUT2D eigenvalue weighted by molar-refractivity contribution is -0.0309. The summed E-state index contributed by atoms with van der Waals surface area (Å²) in [4.78, 5) is 1.16. The smallest absolute Gasteiger partial charge is 0.106 e. The summed E-state index contributed by atoms with van der Waals surface area (Å²) >= 11 is 5.12. The highest BCUT2D eigenvalue weighted by molar-refractivity contribution is 9.10. The van der Waals surface area contributed by atoms with Gasteiger partial charge in [0.05, 0.1) is 12.2 Å². The summed E-state index contributed by atoms with van der Waals surface area (Å²) in [6, 6.07) is 2.04. The van der Waals surface area contributed by atoms with Gasteiger partial charge in [-0.2, -0.15) is 0 Å². The van der Waals surface area contributed by atoms with Crippen molar-refractivity contribution in [1.29, 1.82) is 0 Å². The van der Waals surface area contributed by atoms with Crippen molar-refractivity contribution in [2.45, 2.75) is 44.9 Å². The fourth-order valence-electron chi connectivity index (χ4n) is 1.50. The summed E-state index contributed by atoms with van der Waals surface area (Å²) in [5.41, 5.74) is 5.84. The molecule has 104 valence electrons. The van der Waals surface area contributed by atoms with Crippen LogP contribution in [-0.4, -0.2) is 25.4 Å². The van der Waals surface area contributed by atoms with Gasteiger partial charge in [-0.15, -0.1) is 11.3 Å². The molecule has 5 heteroatoms. The Balaban J connectivity index is 2.55. The van der Waals surface area contributed by atoms with E-state index < -0.39 is 0 Å². The Morgan fingerprint density at radius 2 is 2.17 bits per heavy atom. The van der Waals surface area contributed by atoms with Gasteiger partial charge in [0.2, 0.25) is 0 Å². The zero-order chi connectivity index (χ0) is 13.8. The quantitative estimate of drug-likeness (QED) is 0.825. The molecule has 0 spiro atoms. The lowest BCUT2D eigenvalue weighted by atomic mass is 10.1. The van der Waals surface area contributed by atoms with E-state index in [1.807, 2.05) is 12.3 Å². The van der Waals surface area contributed by atoms with Gasteiger partial charge in [0.25, 0.3) is 0 Å². The normalized spacial score (nSPS) is 15.7. The molecule has 2 atom stereocenters. The number of ether oxygens (including phenoxy) is 2. The first-order valence-electron chi connectivity index (χ1n) is 6.02. The first-order valence-corrected chi connectivity index (χ1v) is 7.69. The molecule has 0 amide bonds. The number of nitrogens with two attached hydrogens (primary N) is 1. The number of methoxy groups -OCH3 is 1. The van der Waals surface area contributed by atoms with Gasteiger partial charge in [-0.3, -0.25) is 0 Å². The van der Waals surface area contributed by atoms with Crippen LogP contribution in [0.4, 0.5) is 0 Å². The lowest BCUT2D eigenvalue weighted by Crippen LogP contribution is -2.29. The molecule has 18 heavy (non-hydrogen) atoms. The molecule has 0 aliphatic heterocycles. The number of thiophene rings is 1. The van der Waals surface area contributed by atoms with Crippen molar-refractivity contribution in [1.82, 2.24) is 0 Å². The fourth-order valence-corrected chi connectivity index (χ4v) is 3.11. The van der Waals surface area contributed by atoms with Crippen LogP contribution in [0.2, 0.25) is 0 Å². The van der Waals surface area contributed by atoms with Gasteiger partial charge in [-0.1, -0.05) is 0 Å². The Morgan fingerprint density at radius 1 is 1.50 bits per heavy atom. The van der Waals surface area contributed by atoms with Crippen LogP contribution in [0.5, 0.6) is 0 Å². The first kappa shape index (κ1) is 16.1. The maximum Gasteiger partial charge on any atom is 0.106 e. The number of hydrogen-bond donors (Lipinski definition) is 1. The summed E-state index contributed by atoms with van der Waals surface area (Å²) in [7, 11) is 1.72. The van der Waals surface area contributed by atoms with E-state index in [1.54, 1.807) is 18.4 Å². The van der Waals surface area contributed by atoms with Crippen LogP contribution < -0.4 is 5.73 Å². The molecule has 1 aromatic heterocycles. The molecule has 0 fully saturated rings. The highest BCUT2D eigenvalue weighted by Gasteiger charge is 2.21. The summed E-state index contributed by atoms with van der Waals surface area (Å²) in [6.45, 7) is 6.72. The van der Waals surface area contributed by atoms with Crippen molar-refractivity contribution >= 4 is 27.3 Å². The topological polar surface area (TPSA) is 44.5 Å². The lowest BCUT2D eigenvalue weighted by Gasteiger charge is -2.25. The van der Waals surface area contributed by atoms with Gasteiger partial charge < -0.3 is 15.2 Å².